The van der Waals surface area contributed by atoms with Crippen LogP contribution in [-0.4, -0.2) is 35.4 Å². The summed E-state index contributed by atoms with van der Waals surface area (Å²) in [6.07, 6.45) is 1.83. The molecule has 0 saturated carbocycles. The van der Waals surface area contributed by atoms with Crippen LogP contribution in [0.5, 0.6) is 11.5 Å². The van der Waals surface area contributed by atoms with E-state index in [1.165, 1.54) is 12.1 Å². The van der Waals surface area contributed by atoms with E-state index < -0.39 is 11.4 Å². The van der Waals surface area contributed by atoms with E-state index in [2.05, 4.69) is 5.32 Å². The summed E-state index contributed by atoms with van der Waals surface area (Å²) in [6.45, 7) is 2.81. The van der Waals surface area contributed by atoms with Crippen LogP contribution in [0, 0.1) is 6.92 Å². The number of amides is 1. The number of ether oxygens (including phenoxy) is 1. The number of aryl methyl sites for hydroxylation is 1. The van der Waals surface area contributed by atoms with Crippen molar-refractivity contribution in [1.29, 1.82) is 0 Å². The maximum atomic E-state index is 12.1. The number of phenolic OH excluding ortho intramolecular Hbond substituents is 2. The smallest absolute Gasteiger partial charge is 0.340 e. The van der Waals surface area contributed by atoms with Crippen molar-refractivity contribution >= 4 is 16.9 Å². The Morgan fingerprint density at radius 3 is 2.88 bits per heavy atom. The van der Waals surface area contributed by atoms with Crippen LogP contribution < -0.4 is 10.9 Å². The topological polar surface area (TPSA) is 109 Å². The van der Waals surface area contributed by atoms with Crippen LogP contribution >= 0.6 is 0 Å². The molecule has 0 radical (unpaired) electrons. The van der Waals surface area contributed by atoms with Crippen molar-refractivity contribution in [2.45, 2.75) is 32.3 Å². The molecule has 1 aromatic carbocycles. The molecule has 7 heteroatoms. The molecule has 0 spiro atoms. The van der Waals surface area contributed by atoms with Gasteiger partial charge in [-0.05, 0) is 37.5 Å². The Balaban J connectivity index is 1.82. The predicted molar refractivity (Wildman–Crippen MR) is 86.2 cm³/mol. The Labute approximate surface area is 137 Å². The molecule has 1 aliphatic heterocycles. The third kappa shape index (κ3) is 3.07. The number of carbonyl (C=O) groups is 1. The molecule has 24 heavy (non-hydrogen) atoms. The van der Waals surface area contributed by atoms with Crippen molar-refractivity contribution in [2.75, 3.05) is 13.2 Å². The molecule has 2 aromatic rings. The average Bonchev–Trinajstić information content (AvgIpc) is 3.07. The highest BCUT2D eigenvalue weighted by Crippen LogP contribution is 2.34. The fraction of sp³-hybridized carbons (Fsp3) is 0.412. The molecule has 7 nitrogen and oxygen atoms in total. The molecule has 2 heterocycles. The lowest BCUT2D eigenvalue weighted by molar-refractivity contribution is -0.121. The first kappa shape index (κ1) is 16.3. The van der Waals surface area contributed by atoms with Crippen LogP contribution in [0.15, 0.2) is 21.3 Å². The average molecular weight is 333 g/mol. The van der Waals surface area contributed by atoms with Gasteiger partial charge in [-0.2, -0.15) is 0 Å². The van der Waals surface area contributed by atoms with E-state index in [1.807, 2.05) is 0 Å². The SMILES string of the molecule is Cc1c(CC(=O)NC[C@@H]2CCCO2)c(=O)oc2c(O)c(O)ccc12. The summed E-state index contributed by atoms with van der Waals surface area (Å²) in [5.74, 6) is -1.14. The van der Waals surface area contributed by atoms with E-state index in [4.69, 9.17) is 9.15 Å². The highest BCUT2D eigenvalue weighted by atomic mass is 16.5. The van der Waals surface area contributed by atoms with Crippen LogP contribution in [0.4, 0.5) is 0 Å². The summed E-state index contributed by atoms with van der Waals surface area (Å²) in [5.41, 5.74) is -0.00423. The van der Waals surface area contributed by atoms with Gasteiger partial charge in [0.1, 0.15) is 0 Å². The van der Waals surface area contributed by atoms with Gasteiger partial charge in [-0.15, -0.1) is 0 Å². The van der Waals surface area contributed by atoms with Crippen molar-refractivity contribution in [3.63, 3.8) is 0 Å². The van der Waals surface area contributed by atoms with Gasteiger partial charge in [-0.1, -0.05) is 0 Å². The summed E-state index contributed by atoms with van der Waals surface area (Å²) in [5, 5.41) is 22.5. The van der Waals surface area contributed by atoms with Crippen LogP contribution in [0.25, 0.3) is 11.0 Å². The van der Waals surface area contributed by atoms with Gasteiger partial charge in [0.25, 0.3) is 0 Å². The third-order valence-corrected chi connectivity index (χ3v) is 4.30. The molecule has 1 fully saturated rings. The van der Waals surface area contributed by atoms with E-state index in [9.17, 15) is 19.8 Å². The Morgan fingerprint density at radius 2 is 2.17 bits per heavy atom. The van der Waals surface area contributed by atoms with Crippen molar-refractivity contribution in [3.8, 4) is 11.5 Å². The quantitative estimate of drug-likeness (QED) is 0.576. The molecule has 1 saturated heterocycles. The van der Waals surface area contributed by atoms with Crippen LogP contribution in [0.3, 0.4) is 0 Å². The first-order chi connectivity index (χ1) is 11.5. The normalized spacial score (nSPS) is 17.3. The zero-order valence-electron chi connectivity index (χ0n) is 13.3. The van der Waals surface area contributed by atoms with Crippen LogP contribution in [0.2, 0.25) is 0 Å². The van der Waals surface area contributed by atoms with E-state index in [-0.39, 0.29) is 35.3 Å². The van der Waals surface area contributed by atoms with Crippen molar-refractivity contribution in [3.05, 3.63) is 33.7 Å². The minimum atomic E-state index is -0.701. The number of fused-ring (bicyclic) bond motifs is 1. The van der Waals surface area contributed by atoms with Gasteiger partial charge in [0.2, 0.25) is 11.7 Å². The number of carbonyl (C=O) groups excluding carboxylic acids is 1. The fourth-order valence-corrected chi connectivity index (χ4v) is 2.89. The molecule has 128 valence electrons. The molecule has 1 aliphatic rings. The van der Waals surface area contributed by atoms with Crippen LogP contribution in [0.1, 0.15) is 24.0 Å². The molecular weight excluding hydrogens is 314 g/mol. The molecule has 3 rings (SSSR count). The Morgan fingerprint density at radius 1 is 1.38 bits per heavy atom. The second-order valence-corrected chi connectivity index (χ2v) is 5.92. The molecule has 1 atom stereocenters. The van der Waals surface area contributed by atoms with Gasteiger partial charge in [-0.25, -0.2) is 4.79 Å². The first-order valence-corrected chi connectivity index (χ1v) is 7.83. The minimum absolute atomic E-state index is 0.0305. The lowest BCUT2D eigenvalue weighted by atomic mass is 10.0. The van der Waals surface area contributed by atoms with Gasteiger partial charge in [0, 0.05) is 18.5 Å². The maximum Gasteiger partial charge on any atom is 0.340 e. The van der Waals surface area contributed by atoms with E-state index in [1.54, 1.807) is 6.92 Å². The zero-order valence-corrected chi connectivity index (χ0v) is 13.3. The molecule has 0 aliphatic carbocycles. The fourth-order valence-electron chi connectivity index (χ4n) is 2.89. The Bertz CT molecular complexity index is 835. The third-order valence-electron chi connectivity index (χ3n) is 4.30. The van der Waals surface area contributed by atoms with Crippen LogP contribution in [-0.2, 0) is 16.0 Å². The molecule has 0 unspecified atom stereocenters. The number of benzene rings is 1. The molecule has 1 amide bonds. The minimum Gasteiger partial charge on any atom is -0.504 e. The molecule has 3 N–H and O–H groups in total. The summed E-state index contributed by atoms with van der Waals surface area (Å²) in [6, 6.07) is 2.85. The molecular formula is C17H19NO6. The standard InChI is InChI=1S/C17H19NO6/c1-9-11-4-5-13(19)15(21)16(11)24-17(22)12(9)7-14(20)18-8-10-3-2-6-23-10/h4-5,10,19,21H,2-3,6-8H2,1H3,(H,18,20)/t10-/m0/s1. The largest absolute Gasteiger partial charge is 0.504 e. The van der Waals surface area contributed by atoms with Gasteiger partial charge >= 0.3 is 5.63 Å². The van der Waals surface area contributed by atoms with Crippen molar-refractivity contribution < 1.29 is 24.2 Å². The Kier molecular flexibility index (Phi) is 4.44. The van der Waals surface area contributed by atoms with Gasteiger partial charge < -0.3 is 24.7 Å². The lowest BCUT2D eigenvalue weighted by Crippen LogP contribution is -2.34. The number of phenols is 2. The summed E-state index contributed by atoms with van der Waals surface area (Å²) in [4.78, 5) is 24.2. The predicted octanol–water partition coefficient (Wildman–Crippen LogP) is 1.35. The van der Waals surface area contributed by atoms with Gasteiger partial charge in [-0.3, -0.25) is 4.79 Å². The highest BCUT2D eigenvalue weighted by Gasteiger charge is 2.20. The van der Waals surface area contributed by atoms with Gasteiger partial charge in [0.05, 0.1) is 18.1 Å². The van der Waals surface area contributed by atoms with E-state index >= 15 is 0 Å². The number of nitrogens with one attached hydrogen (secondary N) is 1. The number of hydrogen-bond acceptors (Lipinski definition) is 6. The van der Waals surface area contributed by atoms with E-state index in [0.717, 1.165) is 12.8 Å². The van der Waals surface area contributed by atoms with Gasteiger partial charge in [0.15, 0.2) is 11.3 Å². The zero-order chi connectivity index (χ0) is 17.3. The highest BCUT2D eigenvalue weighted by molar-refractivity contribution is 5.89. The number of aromatic hydroxyl groups is 2. The lowest BCUT2D eigenvalue weighted by Gasteiger charge is -2.12. The summed E-state index contributed by atoms with van der Waals surface area (Å²) >= 11 is 0. The van der Waals surface area contributed by atoms with E-state index in [0.29, 0.717) is 24.1 Å². The second kappa shape index (κ2) is 6.52. The first-order valence-electron chi connectivity index (χ1n) is 7.83. The Hall–Kier alpha value is -2.54. The molecule has 0 bridgehead atoms. The maximum absolute atomic E-state index is 12.1. The molecule has 1 aromatic heterocycles. The monoisotopic (exact) mass is 333 g/mol. The number of rotatable bonds is 4. The second-order valence-electron chi connectivity index (χ2n) is 5.92. The summed E-state index contributed by atoms with van der Waals surface area (Å²) < 4.78 is 10.5. The van der Waals surface area contributed by atoms with Crippen molar-refractivity contribution in [1.82, 2.24) is 5.32 Å². The summed E-state index contributed by atoms with van der Waals surface area (Å²) in [7, 11) is 0. The van der Waals surface area contributed by atoms with Crippen molar-refractivity contribution in [2.24, 2.45) is 0 Å². The number of hydrogen-bond donors (Lipinski definition) is 3.